The molecular weight excluding hydrogens is 390 g/mol. The summed E-state index contributed by atoms with van der Waals surface area (Å²) in [6.07, 6.45) is 4.16. The molecule has 2 amide bonds. The van der Waals surface area contributed by atoms with Gasteiger partial charge in [0.25, 0.3) is 14.2 Å². The molecule has 1 fully saturated rings. The van der Waals surface area contributed by atoms with Crippen molar-refractivity contribution in [3.63, 3.8) is 0 Å². The summed E-state index contributed by atoms with van der Waals surface area (Å²) in [5, 5.41) is 2.25. The molecule has 1 aliphatic heterocycles. The molecule has 0 N–H and O–H groups in total. The molecule has 1 atom stereocenters. The van der Waals surface area contributed by atoms with Gasteiger partial charge >= 0.3 is 0 Å². The topological polar surface area (TPSA) is 46.6 Å². The molecule has 0 aromatic heterocycles. The van der Waals surface area contributed by atoms with Crippen molar-refractivity contribution in [1.82, 2.24) is 4.90 Å². The monoisotopic (exact) mass is 421 g/mol. The maximum atomic E-state index is 12.5. The van der Waals surface area contributed by atoms with Crippen molar-refractivity contribution in [2.75, 3.05) is 6.61 Å². The van der Waals surface area contributed by atoms with Crippen LogP contribution in [-0.2, 0) is 14.0 Å². The van der Waals surface area contributed by atoms with Crippen molar-refractivity contribution in [2.24, 2.45) is 0 Å². The Morgan fingerprint density at radius 3 is 2.07 bits per heavy atom. The van der Waals surface area contributed by atoms with Crippen LogP contribution < -0.4 is 10.4 Å². The summed E-state index contributed by atoms with van der Waals surface area (Å²) in [6.45, 7) is 8.81. The van der Waals surface area contributed by atoms with Gasteiger partial charge in [0, 0.05) is 6.42 Å². The van der Waals surface area contributed by atoms with Gasteiger partial charge in [0.15, 0.2) is 0 Å². The van der Waals surface area contributed by atoms with Crippen LogP contribution in [0, 0.1) is 0 Å². The lowest BCUT2D eigenvalue weighted by Crippen LogP contribution is -2.67. The van der Waals surface area contributed by atoms with E-state index in [0.29, 0.717) is 19.4 Å². The van der Waals surface area contributed by atoms with Crippen LogP contribution in [0.2, 0.25) is 5.04 Å². The molecule has 2 aromatic rings. The van der Waals surface area contributed by atoms with E-state index in [1.807, 2.05) is 12.1 Å². The molecule has 4 nitrogen and oxygen atoms in total. The van der Waals surface area contributed by atoms with Gasteiger partial charge in [-0.25, -0.2) is 0 Å². The highest BCUT2D eigenvalue weighted by Crippen LogP contribution is 2.37. The summed E-state index contributed by atoms with van der Waals surface area (Å²) in [6, 6.07) is 20.6. The van der Waals surface area contributed by atoms with Gasteiger partial charge in [-0.05, 0) is 34.8 Å². The predicted octanol–water partition coefficient (Wildman–Crippen LogP) is 3.66. The summed E-state index contributed by atoms with van der Waals surface area (Å²) in [5.41, 5.74) is 0. The molecule has 1 saturated heterocycles. The number of nitrogens with zero attached hydrogens (tertiary/aromatic N) is 1. The average Bonchev–Trinajstić information content (AvgIpc) is 3.10. The van der Waals surface area contributed by atoms with Gasteiger partial charge in [0.2, 0.25) is 5.91 Å². The third kappa shape index (κ3) is 4.18. The van der Waals surface area contributed by atoms with Crippen LogP contribution in [0.25, 0.3) is 0 Å². The first-order chi connectivity index (χ1) is 14.3. The van der Waals surface area contributed by atoms with Crippen LogP contribution in [0.1, 0.15) is 40.5 Å². The molecule has 158 valence electrons. The van der Waals surface area contributed by atoms with Gasteiger partial charge in [-0.1, -0.05) is 87.5 Å². The van der Waals surface area contributed by atoms with Gasteiger partial charge in [-0.3, -0.25) is 14.5 Å². The van der Waals surface area contributed by atoms with Crippen molar-refractivity contribution in [2.45, 2.75) is 51.6 Å². The number of amides is 2. The minimum absolute atomic E-state index is 0.117. The van der Waals surface area contributed by atoms with Crippen molar-refractivity contribution in [3.05, 3.63) is 72.8 Å². The van der Waals surface area contributed by atoms with Crippen molar-refractivity contribution in [3.8, 4) is 0 Å². The Kier molecular flexibility index (Phi) is 6.73. The van der Waals surface area contributed by atoms with Crippen LogP contribution in [0.3, 0.4) is 0 Å². The molecule has 1 heterocycles. The average molecular weight is 422 g/mol. The first-order valence-corrected chi connectivity index (χ1v) is 12.5. The highest BCUT2D eigenvalue weighted by atomic mass is 28.4. The molecule has 0 bridgehead atoms. The van der Waals surface area contributed by atoms with Gasteiger partial charge in [0.1, 0.15) is 0 Å². The number of rotatable bonds is 6. The maximum absolute atomic E-state index is 12.5. The zero-order valence-corrected chi connectivity index (χ0v) is 19.3. The van der Waals surface area contributed by atoms with E-state index in [2.05, 4.69) is 69.3 Å². The fraction of sp³-hybridized carbons (Fsp3) is 0.360. The summed E-state index contributed by atoms with van der Waals surface area (Å²) < 4.78 is 6.93. The Morgan fingerprint density at radius 2 is 1.60 bits per heavy atom. The lowest BCUT2D eigenvalue weighted by Gasteiger charge is -2.43. The first kappa shape index (κ1) is 22.2. The minimum atomic E-state index is -2.69. The number of hydrogen-bond acceptors (Lipinski definition) is 3. The normalized spacial score (nSPS) is 17.7. The van der Waals surface area contributed by atoms with Gasteiger partial charge < -0.3 is 4.43 Å². The second kappa shape index (κ2) is 9.10. The number of hydrogen-bond donors (Lipinski definition) is 0. The number of benzene rings is 2. The lowest BCUT2D eigenvalue weighted by atomic mass is 10.2. The summed E-state index contributed by atoms with van der Waals surface area (Å²) >= 11 is 0. The molecule has 2 aromatic carbocycles. The highest BCUT2D eigenvalue weighted by molar-refractivity contribution is 6.99. The molecule has 1 aliphatic rings. The number of likely N-dealkylation sites (tertiary alicyclic amines) is 1. The van der Waals surface area contributed by atoms with Crippen molar-refractivity contribution in [1.29, 1.82) is 0 Å². The molecule has 5 heteroatoms. The van der Waals surface area contributed by atoms with Crippen LogP contribution in [0.4, 0.5) is 0 Å². The van der Waals surface area contributed by atoms with Gasteiger partial charge in [-0.2, -0.15) is 0 Å². The van der Waals surface area contributed by atoms with Crippen LogP contribution in [-0.4, -0.2) is 37.7 Å². The number of carbonyl (C=O) groups excluding carboxylic acids is 2. The largest absolute Gasteiger partial charge is 0.405 e. The predicted molar refractivity (Wildman–Crippen MR) is 123 cm³/mol. The Labute approximate surface area is 180 Å². The Bertz CT molecular complexity index is 863. The Morgan fingerprint density at radius 1 is 1.07 bits per heavy atom. The van der Waals surface area contributed by atoms with E-state index in [0.717, 1.165) is 0 Å². The van der Waals surface area contributed by atoms with E-state index in [4.69, 9.17) is 4.43 Å². The maximum Gasteiger partial charge on any atom is 0.261 e. The molecule has 0 unspecified atom stereocenters. The summed E-state index contributed by atoms with van der Waals surface area (Å²) in [5.74, 6) is -0.370. The Hall–Kier alpha value is -2.50. The van der Waals surface area contributed by atoms with Crippen LogP contribution >= 0.6 is 0 Å². The Balaban J connectivity index is 2.02. The zero-order valence-electron chi connectivity index (χ0n) is 18.3. The fourth-order valence-electron chi connectivity index (χ4n) is 4.41. The molecule has 30 heavy (non-hydrogen) atoms. The van der Waals surface area contributed by atoms with E-state index < -0.39 is 8.32 Å². The minimum Gasteiger partial charge on any atom is -0.405 e. The standard InChI is InChI=1S/C25H31NO3Si/c1-5-12-23(27)26-20(17-18-24(26)28)19-29-30(25(2,3)4,21-13-8-6-9-14-21)22-15-10-7-11-16-22/h5-16,20H,17-19H2,1-4H3/b12-5+/t20-/m0/s1. The van der Waals surface area contributed by atoms with E-state index in [9.17, 15) is 9.59 Å². The smallest absolute Gasteiger partial charge is 0.261 e. The van der Waals surface area contributed by atoms with Crippen molar-refractivity contribution >= 4 is 30.5 Å². The van der Waals surface area contributed by atoms with E-state index in [-0.39, 0.29) is 22.9 Å². The quantitative estimate of drug-likeness (QED) is 0.528. The van der Waals surface area contributed by atoms with Crippen molar-refractivity contribution < 1.29 is 14.0 Å². The SMILES string of the molecule is C/C=C/C(=O)N1C(=O)CC[C@H]1CO[Si](c1ccccc1)(c1ccccc1)C(C)(C)C. The first-order valence-electron chi connectivity index (χ1n) is 10.5. The second-order valence-corrected chi connectivity index (χ2v) is 13.1. The van der Waals surface area contributed by atoms with E-state index >= 15 is 0 Å². The van der Waals surface area contributed by atoms with Crippen LogP contribution in [0.5, 0.6) is 0 Å². The van der Waals surface area contributed by atoms with Gasteiger partial charge in [0.05, 0.1) is 12.6 Å². The molecule has 3 rings (SSSR count). The molecule has 0 saturated carbocycles. The number of carbonyl (C=O) groups is 2. The van der Waals surface area contributed by atoms with Gasteiger partial charge in [-0.15, -0.1) is 0 Å². The van der Waals surface area contributed by atoms with E-state index in [1.54, 1.807) is 13.0 Å². The summed E-state index contributed by atoms with van der Waals surface area (Å²) in [4.78, 5) is 26.3. The fourth-order valence-corrected chi connectivity index (χ4v) is 9.01. The molecule has 0 radical (unpaired) electrons. The number of allylic oxidation sites excluding steroid dienone is 1. The highest BCUT2D eigenvalue weighted by Gasteiger charge is 2.51. The lowest BCUT2D eigenvalue weighted by molar-refractivity contribution is -0.141. The third-order valence-electron chi connectivity index (χ3n) is 5.78. The summed E-state index contributed by atoms with van der Waals surface area (Å²) in [7, 11) is -2.69. The second-order valence-electron chi connectivity index (χ2n) is 8.77. The zero-order chi connectivity index (χ0) is 21.8. The third-order valence-corrected chi connectivity index (χ3v) is 10.8. The van der Waals surface area contributed by atoms with Crippen LogP contribution in [0.15, 0.2) is 72.8 Å². The van der Waals surface area contributed by atoms with E-state index in [1.165, 1.54) is 21.3 Å². The molecular formula is C25H31NO3Si. The molecule has 0 aliphatic carbocycles. The molecule has 0 spiro atoms. The number of imide groups is 1.